The summed E-state index contributed by atoms with van der Waals surface area (Å²) < 4.78 is 44.3. The second kappa shape index (κ2) is 9.28. The minimum Gasteiger partial charge on any atom is -0.495 e. The number of carbonyl (C=O) groups is 1. The van der Waals surface area contributed by atoms with E-state index in [0.29, 0.717) is 5.75 Å². The quantitative estimate of drug-likeness (QED) is 0.516. The fourth-order valence-electron chi connectivity index (χ4n) is 3.04. The molecule has 0 heterocycles. The van der Waals surface area contributed by atoms with Crippen LogP contribution in [0.2, 0.25) is 5.02 Å². The fourth-order valence-corrected chi connectivity index (χ4v) is 4.60. The third kappa shape index (κ3) is 4.76. The Bertz CT molecular complexity index is 1210. The van der Waals surface area contributed by atoms with Crippen LogP contribution in [-0.4, -0.2) is 35.7 Å². The molecule has 9 heteroatoms. The predicted octanol–water partition coefficient (Wildman–Crippen LogP) is 4.61. The first-order valence-electron chi connectivity index (χ1n) is 9.03. The number of methoxy groups -OCH3 is 3. The molecule has 31 heavy (non-hydrogen) atoms. The van der Waals surface area contributed by atoms with Crippen molar-refractivity contribution in [2.24, 2.45) is 0 Å². The number of hydrogen-bond donors (Lipinski definition) is 1. The molecule has 3 aromatic carbocycles. The number of carbonyl (C=O) groups excluding carboxylic acids is 1. The fraction of sp³-hybridized carbons (Fsp3) is 0.136. The van der Waals surface area contributed by atoms with E-state index in [4.69, 9.17) is 25.8 Å². The second-order valence-corrected chi connectivity index (χ2v) is 8.45. The van der Waals surface area contributed by atoms with Crippen molar-refractivity contribution in [3.63, 3.8) is 0 Å². The van der Waals surface area contributed by atoms with Gasteiger partial charge >= 0.3 is 5.97 Å². The normalized spacial score (nSPS) is 11.0. The van der Waals surface area contributed by atoms with Crippen LogP contribution in [0.3, 0.4) is 0 Å². The lowest BCUT2D eigenvalue weighted by atomic mass is 10.1. The zero-order valence-corrected chi connectivity index (χ0v) is 18.6. The molecule has 0 aliphatic heterocycles. The van der Waals surface area contributed by atoms with Crippen LogP contribution >= 0.6 is 11.6 Å². The molecule has 0 radical (unpaired) electrons. The summed E-state index contributed by atoms with van der Waals surface area (Å²) in [5.41, 5.74) is 1.79. The summed E-state index contributed by atoms with van der Waals surface area (Å²) in [5, 5.41) is 0.0339. The molecule has 0 spiro atoms. The summed E-state index contributed by atoms with van der Waals surface area (Å²) in [4.78, 5) is 11.8. The van der Waals surface area contributed by atoms with E-state index in [1.165, 1.54) is 33.5 Å². The average molecular weight is 462 g/mol. The van der Waals surface area contributed by atoms with Crippen LogP contribution in [0.15, 0.2) is 65.6 Å². The molecule has 3 aromatic rings. The maximum Gasteiger partial charge on any atom is 0.341 e. The van der Waals surface area contributed by atoms with Gasteiger partial charge in [0.2, 0.25) is 0 Å². The number of sulfonamides is 1. The van der Waals surface area contributed by atoms with Crippen molar-refractivity contribution in [1.82, 2.24) is 0 Å². The van der Waals surface area contributed by atoms with Gasteiger partial charge in [0.25, 0.3) is 10.0 Å². The summed E-state index contributed by atoms with van der Waals surface area (Å²) in [6, 6.07) is 17.1. The molecule has 3 rings (SSSR count). The van der Waals surface area contributed by atoms with Crippen LogP contribution < -0.4 is 14.2 Å². The van der Waals surface area contributed by atoms with Gasteiger partial charge in [-0.25, -0.2) is 13.2 Å². The van der Waals surface area contributed by atoms with E-state index in [0.717, 1.165) is 11.1 Å². The van der Waals surface area contributed by atoms with E-state index in [2.05, 4.69) is 4.72 Å². The molecule has 1 N–H and O–H groups in total. The van der Waals surface area contributed by atoms with Gasteiger partial charge in [-0.15, -0.1) is 0 Å². The van der Waals surface area contributed by atoms with Gasteiger partial charge in [0.05, 0.1) is 27.0 Å². The zero-order valence-electron chi connectivity index (χ0n) is 17.0. The maximum atomic E-state index is 13.3. The molecule has 0 saturated carbocycles. The Hall–Kier alpha value is -3.23. The number of anilines is 1. The number of benzene rings is 3. The van der Waals surface area contributed by atoms with Crippen LogP contribution in [0.25, 0.3) is 11.1 Å². The molecule has 0 atom stereocenters. The van der Waals surface area contributed by atoms with E-state index in [9.17, 15) is 13.2 Å². The number of nitrogens with one attached hydrogen (secondary N) is 1. The van der Waals surface area contributed by atoms with Crippen molar-refractivity contribution < 1.29 is 27.4 Å². The minimum atomic E-state index is -4.22. The third-order valence-electron chi connectivity index (χ3n) is 4.47. The Morgan fingerprint density at radius 3 is 2.23 bits per heavy atom. The SMILES string of the molecule is COC(=O)c1cc(Cl)cc(S(=O)(=O)Nc2cc(-c3ccccc3)ccc2OC)c1OC. The third-order valence-corrected chi connectivity index (χ3v) is 6.06. The molecule has 0 aliphatic carbocycles. The molecule has 7 nitrogen and oxygen atoms in total. The lowest BCUT2D eigenvalue weighted by molar-refractivity contribution is 0.0596. The number of halogens is 1. The van der Waals surface area contributed by atoms with Gasteiger partial charge in [0.1, 0.15) is 16.2 Å². The molecule has 0 unspecified atom stereocenters. The first-order valence-corrected chi connectivity index (χ1v) is 10.9. The molecule has 0 fully saturated rings. The summed E-state index contributed by atoms with van der Waals surface area (Å²) in [6.07, 6.45) is 0. The summed E-state index contributed by atoms with van der Waals surface area (Å²) in [7, 11) is -0.356. The van der Waals surface area contributed by atoms with Crippen molar-refractivity contribution >= 4 is 33.3 Å². The highest BCUT2D eigenvalue weighted by atomic mass is 35.5. The number of ether oxygens (including phenoxy) is 3. The van der Waals surface area contributed by atoms with Gasteiger partial charge in [-0.05, 0) is 35.4 Å². The highest BCUT2D eigenvalue weighted by Gasteiger charge is 2.27. The van der Waals surface area contributed by atoms with Gasteiger partial charge in [0, 0.05) is 5.02 Å². The maximum absolute atomic E-state index is 13.3. The minimum absolute atomic E-state index is 0.0339. The van der Waals surface area contributed by atoms with E-state index in [1.54, 1.807) is 12.1 Å². The van der Waals surface area contributed by atoms with E-state index < -0.39 is 16.0 Å². The lowest BCUT2D eigenvalue weighted by Gasteiger charge is -2.17. The first-order chi connectivity index (χ1) is 14.8. The van der Waals surface area contributed by atoms with Crippen LogP contribution in [0, 0.1) is 0 Å². The molecular formula is C22H20ClNO6S. The van der Waals surface area contributed by atoms with Crippen molar-refractivity contribution in [2.75, 3.05) is 26.1 Å². The van der Waals surface area contributed by atoms with Crippen molar-refractivity contribution in [3.8, 4) is 22.6 Å². The van der Waals surface area contributed by atoms with Crippen molar-refractivity contribution in [1.29, 1.82) is 0 Å². The Kier molecular flexibility index (Phi) is 6.72. The molecule has 0 aliphatic rings. The second-order valence-electron chi connectivity index (χ2n) is 6.36. The zero-order chi connectivity index (χ0) is 22.6. The number of rotatable bonds is 7. The average Bonchev–Trinajstić information content (AvgIpc) is 2.78. The molecule has 0 amide bonds. The first kappa shape index (κ1) is 22.5. The van der Waals surface area contributed by atoms with Gasteiger partial charge in [-0.3, -0.25) is 4.72 Å². The summed E-state index contributed by atoms with van der Waals surface area (Å²) in [6.45, 7) is 0. The molecule has 0 aromatic heterocycles. The Labute approximate surface area is 185 Å². The van der Waals surface area contributed by atoms with Crippen molar-refractivity contribution in [2.45, 2.75) is 4.90 Å². The summed E-state index contributed by atoms with van der Waals surface area (Å²) in [5.74, 6) is -0.640. The van der Waals surface area contributed by atoms with Gasteiger partial charge in [-0.1, -0.05) is 48.0 Å². The predicted molar refractivity (Wildman–Crippen MR) is 119 cm³/mol. The van der Waals surface area contributed by atoms with E-state index >= 15 is 0 Å². The van der Waals surface area contributed by atoms with Gasteiger partial charge in [0.15, 0.2) is 5.75 Å². The number of esters is 1. The van der Waals surface area contributed by atoms with Crippen LogP contribution in [0.1, 0.15) is 10.4 Å². The Morgan fingerprint density at radius 2 is 1.61 bits per heavy atom. The van der Waals surface area contributed by atoms with Crippen molar-refractivity contribution in [3.05, 3.63) is 71.2 Å². The largest absolute Gasteiger partial charge is 0.495 e. The highest BCUT2D eigenvalue weighted by Crippen LogP contribution is 2.36. The molecule has 0 saturated heterocycles. The Balaban J connectivity index is 2.11. The smallest absolute Gasteiger partial charge is 0.341 e. The van der Waals surface area contributed by atoms with Crippen LogP contribution in [-0.2, 0) is 14.8 Å². The van der Waals surface area contributed by atoms with Gasteiger partial charge < -0.3 is 14.2 Å². The highest BCUT2D eigenvalue weighted by molar-refractivity contribution is 7.92. The molecule has 0 bridgehead atoms. The van der Waals surface area contributed by atoms with Gasteiger partial charge in [-0.2, -0.15) is 0 Å². The standard InChI is InChI=1S/C22H20ClNO6S/c1-28-19-10-9-15(14-7-5-4-6-8-14)11-18(19)24-31(26,27)20-13-16(23)12-17(21(20)29-2)22(25)30-3/h4-13,24H,1-3H3. The summed E-state index contributed by atoms with van der Waals surface area (Å²) >= 11 is 6.07. The van der Waals surface area contributed by atoms with E-state index in [-0.39, 0.29) is 26.9 Å². The number of hydrogen-bond acceptors (Lipinski definition) is 6. The van der Waals surface area contributed by atoms with Crippen LogP contribution in [0.5, 0.6) is 11.5 Å². The van der Waals surface area contributed by atoms with Crippen LogP contribution in [0.4, 0.5) is 5.69 Å². The molecule has 162 valence electrons. The lowest BCUT2D eigenvalue weighted by Crippen LogP contribution is -2.17. The topological polar surface area (TPSA) is 90.9 Å². The molecular weight excluding hydrogens is 442 g/mol. The monoisotopic (exact) mass is 461 g/mol. The Morgan fingerprint density at radius 1 is 0.903 bits per heavy atom. The van der Waals surface area contributed by atoms with E-state index in [1.807, 2.05) is 36.4 Å².